The van der Waals surface area contributed by atoms with Gasteiger partial charge in [-0.2, -0.15) is 0 Å². The fourth-order valence-corrected chi connectivity index (χ4v) is 2.65. The zero-order valence-electron chi connectivity index (χ0n) is 11.2. The maximum absolute atomic E-state index is 12.1. The van der Waals surface area contributed by atoms with Crippen molar-refractivity contribution < 1.29 is 9.84 Å². The zero-order valence-corrected chi connectivity index (χ0v) is 11.2. The van der Waals surface area contributed by atoms with Crippen LogP contribution in [-0.4, -0.2) is 47.8 Å². The average molecular weight is 274 g/mol. The molecule has 1 unspecified atom stereocenters. The molecule has 1 atom stereocenters. The van der Waals surface area contributed by atoms with Crippen molar-refractivity contribution in [2.75, 3.05) is 32.8 Å². The summed E-state index contributed by atoms with van der Waals surface area (Å²) in [7, 11) is 0. The van der Waals surface area contributed by atoms with Crippen LogP contribution < -0.4 is 5.56 Å². The van der Waals surface area contributed by atoms with Crippen LogP contribution in [0, 0.1) is 0 Å². The predicted octanol–water partition coefficient (Wildman–Crippen LogP) is 0.845. The molecule has 5 nitrogen and oxygen atoms in total. The van der Waals surface area contributed by atoms with Gasteiger partial charge in [-0.05, 0) is 6.07 Å². The van der Waals surface area contributed by atoms with Gasteiger partial charge in [0.05, 0.1) is 24.9 Å². The summed E-state index contributed by atoms with van der Waals surface area (Å²) in [6, 6.07) is 9.36. The molecule has 0 bridgehead atoms. The third-order valence-corrected chi connectivity index (χ3v) is 3.69. The summed E-state index contributed by atoms with van der Waals surface area (Å²) in [5.74, 6) is 0. The number of nitrogens with one attached hydrogen (secondary N) is 1. The standard InChI is InChI=1S/C15H18N2O3/c18-13(10-17-6-8-20-9-7-17)14-11-4-2-1-3-5-12(11)16-15(14)19/h1-5,13,18H,6-10H2,(H,16,19). The normalized spacial score (nSPS) is 18.2. The summed E-state index contributed by atoms with van der Waals surface area (Å²) in [5.41, 5.74) is 1.81. The van der Waals surface area contributed by atoms with Crippen molar-refractivity contribution in [1.82, 2.24) is 9.88 Å². The second-order valence-electron chi connectivity index (χ2n) is 5.03. The Kier molecular flexibility index (Phi) is 3.82. The Hall–Kier alpha value is -1.69. The molecule has 0 amide bonds. The lowest BCUT2D eigenvalue weighted by Crippen LogP contribution is -2.39. The Bertz CT molecular complexity index is 604. The van der Waals surface area contributed by atoms with E-state index in [0.29, 0.717) is 25.3 Å². The maximum atomic E-state index is 12.1. The molecule has 1 aliphatic carbocycles. The van der Waals surface area contributed by atoms with E-state index in [1.165, 1.54) is 0 Å². The number of fused-ring (bicyclic) bond motifs is 1. The van der Waals surface area contributed by atoms with Crippen molar-refractivity contribution in [1.29, 1.82) is 0 Å². The number of aromatic nitrogens is 1. The fourth-order valence-electron chi connectivity index (χ4n) is 2.65. The lowest BCUT2D eigenvalue weighted by Gasteiger charge is -2.28. The van der Waals surface area contributed by atoms with E-state index >= 15 is 0 Å². The Labute approximate surface area is 117 Å². The molecule has 1 fully saturated rings. The number of hydrogen-bond acceptors (Lipinski definition) is 4. The number of ether oxygens (including phenoxy) is 1. The quantitative estimate of drug-likeness (QED) is 0.870. The lowest BCUT2D eigenvalue weighted by molar-refractivity contribution is 0.0143. The SMILES string of the molecule is O=c1[nH]c2cccccc-2c1C(O)CN1CCOCC1. The van der Waals surface area contributed by atoms with E-state index < -0.39 is 6.10 Å². The molecule has 106 valence electrons. The van der Waals surface area contributed by atoms with Gasteiger partial charge in [-0.3, -0.25) is 9.69 Å². The Morgan fingerprint density at radius 2 is 2.00 bits per heavy atom. The molecule has 3 rings (SSSR count). The lowest BCUT2D eigenvalue weighted by atomic mass is 10.0. The molecule has 0 aromatic heterocycles. The van der Waals surface area contributed by atoms with Crippen LogP contribution in [0.1, 0.15) is 11.7 Å². The minimum Gasteiger partial charge on any atom is -0.387 e. The molecule has 0 saturated carbocycles. The molecular formula is C15H18N2O3. The number of β-amino-alcohol motifs (C(OH)–C–C–N with tert-alkyl or cyclic N) is 1. The summed E-state index contributed by atoms with van der Waals surface area (Å²) in [6.07, 6.45) is -0.781. The number of morpholine rings is 1. The highest BCUT2D eigenvalue weighted by molar-refractivity contribution is 5.65. The number of aromatic amines is 1. The summed E-state index contributed by atoms with van der Waals surface area (Å²) >= 11 is 0. The van der Waals surface area contributed by atoms with Crippen LogP contribution in [-0.2, 0) is 4.74 Å². The topological polar surface area (TPSA) is 65.6 Å². The zero-order chi connectivity index (χ0) is 13.9. The van der Waals surface area contributed by atoms with E-state index in [0.717, 1.165) is 24.3 Å². The van der Waals surface area contributed by atoms with Gasteiger partial charge in [0.1, 0.15) is 0 Å². The molecular weight excluding hydrogens is 256 g/mol. The first-order valence-corrected chi connectivity index (χ1v) is 6.85. The van der Waals surface area contributed by atoms with E-state index in [9.17, 15) is 9.90 Å². The van der Waals surface area contributed by atoms with Crippen molar-refractivity contribution in [3.05, 3.63) is 46.2 Å². The molecule has 5 heteroatoms. The van der Waals surface area contributed by atoms with Crippen molar-refractivity contribution in [2.45, 2.75) is 6.10 Å². The van der Waals surface area contributed by atoms with Crippen molar-refractivity contribution in [2.24, 2.45) is 0 Å². The minimum absolute atomic E-state index is 0.202. The van der Waals surface area contributed by atoms with Gasteiger partial charge < -0.3 is 14.8 Å². The van der Waals surface area contributed by atoms with Crippen molar-refractivity contribution in [3.63, 3.8) is 0 Å². The van der Waals surface area contributed by atoms with Gasteiger partial charge in [0.25, 0.3) is 5.56 Å². The number of aliphatic hydroxyl groups is 1. The smallest absolute Gasteiger partial charge is 0.254 e. The van der Waals surface area contributed by atoms with Crippen molar-refractivity contribution in [3.8, 4) is 11.3 Å². The molecule has 0 radical (unpaired) electrons. The minimum atomic E-state index is -0.781. The Morgan fingerprint density at radius 3 is 2.80 bits per heavy atom. The fraction of sp³-hybridized carbons (Fsp3) is 0.400. The molecule has 1 saturated heterocycles. The van der Waals surface area contributed by atoms with E-state index in [2.05, 4.69) is 9.88 Å². The average Bonchev–Trinajstić information content (AvgIpc) is 2.60. The largest absolute Gasteiger partial charge is 0.387 e. The molecule has 0 aromatic carbocycles. The van der Waals surface area contributed by atoms with Gasteiger partial charge in [-0.15, -0.1) is 0 Å². The second kappa shape index (κ2) is 5.75. The molecule has 2 N–H and O–H groups in total. The number of rotatable bonds is 3. The van der Waals surface area contributed by atoms with Gasteiger partial charge in [0.2, 0.25) is 0 Å². The summed E-state index contributed by atoms with van der Waals surface area (Å²) < 4.78 is 5.29. The first-order chi connectivity index (χ1) is 9.75. The first kappa shape index (κ1) is 13.3. The molecule has 2 heterocycles. The number of H-pyrrole nitrogens is 1. The van der Waals surface area contributed by atoms with E-state index in [1.54, 1.807) is 0 Å². The maximum Gasteiger partial charge on any atom is 0.254 e. The first-order valence-electron chi connectivity index (χ1n) is 6.85. The van der Waals surface area contributed by atoms with Gasteiger partial charge in [-0.25, -0.2) is 0 Å². The van der Waals surface area contributed by atoms with Crippen LogP contribution in [0.5, 0.6) is 0 Å². The highest BCUT2D eigenvalue weighted by Gasteiger charge is 2.23. The molecule has 0 aromatic rings. The summed E-state index contributed by atoms with van der Waals surface area (Å²) in [6.45, 7) is 3.41. The van der Waals surface area contributed by atoms with Gasteiger partial charge in [-0.1, -0.05) is 24.3 Å². The highest BCUT2D eigenvalue weighted by atomic mass is 16.5. The summed E-state index contributed by atoms with van der Waals surface area (Å²) in [5, 5.41) is 10.4. The molecule has 3 aliphatic rings. The number of nitrogens with zero attached hydrogens (tertiary/aromatic N) is 1. The van der Waals surface area contributed by atoms with Gasteiger partial charge >= 0.3 is 0 Å². The molecule has 0 spiro atoms. The van der Waals surface area contributed by atoms with Crippen molar-refractivity contribution >= 4 is 0 Å². The van der Waals surface area contributed by atoms with Gasteiger partial charge in [0, 0.05) is 30.9 Å². The molecule has 20 heavy (non-hydrogen) atoms. The number of hydrogen-bond donors (Lipinski definition) is 2. The highest BCUT2D eigenvalue weighted by Crippen LogP contribution is 2.26. The monoisotopic (exact) mass is 274 g/mol. The third kappa shape index (κ3) is 2.60. The van der Waals surface area contributed by atoms with Crippen LogP contribution in [0.25, 0.3) is 11.3 Å². The van der Waals surface area contributed by atoms with Crippen LogP contribution in [0.2, 0.25) is 0 Å². The van der Waals surface area contributed by atoms with Crippen LogP contribution in [0.15, 0.2) is 35.1 Å². The Balaban J connectivity index is 1.87. The summed E-state index contributed by atoms with van der Waals surface area (Å²) in [4.78, 5) is 17.0. The number of aliphatic hydroxyl groups excluding tert-OH is 1. The van der Waals surface area contributed by atoms with Crippen LogP contribution >= 0.6 is 0 Å². The second-order valence-corrected chi connectivity index (χ2v) is 5.03. The van der Waals surface area contributed by atoms with E-state index in [1.807, 2.05) is 30.3 Å². The van der Waals surface area contributed by atoms with E-state index in [-0.39, 0.29) is 5.56 Å². The third-order valence-electron chi connectivity index (χ3n) is 3.69. The van der Waals surface area contributed by atoms with Gasteiger partial charge in [0.15, 0.2) is 0 Å². The molecule has 2 aliphatic heterocycles. The van der Waals surface area contributed by atoms with Crippen LogP contribution in [0.3, 0.4) is 0 Å². The van der Waals surface area contributed by atoms with E-state index in [4.69, 9.17) is 4.74 Å². The van der Waals surface area contributed by atoms with Crippen LogP contribution in [0.4, 0.5) is 0 Å². The Morgan fingerprint density at radius 1 is 1.25 bits per heavy atom. The predicted molar refractivity (Wildman–Crippen MR) is 75.9 cm³/mol.